The molecule has 2 unspecified atom stereocenters. The Balaban J connectivity index is 1.47. The van der Waals surface area contributed by atoms with E-state index in [4.69, 9.17) is 26.3 Å². The van der Waals surface area contributed by atoms with Crippen molar-refractivity contribution in [1.29, 1.82) is 5.26 Å². The summed E-state index contributed by atoms with van der Waals surface area (Å²) in [5, 5.41) is 12.6. The first-order valence-electron chi connectivity index (χ1n) is 13.3. The molecule has 1 fully saturated rings. The summed E-state index contributed by atoms with van der Waals surface area (Å²) < 4.78 is 18.2. The van der Waals surface area contributed by atoms with Gasteiger partial charge in [-0.3, -0.25) is 4.21 Å². The molecule has 1 amide bonds. The number of nitrogens with zero attached hydrogens (tertiary/aromatic N) is 6. The lowest BCUT2D eigenvalue weighted by atomic mass is 10.0. The number of fused-ring (bicyclic) bond motifs is 2. The molecular formula is C29H33ClN6O3S. The van der Waals surface area contributed by atoms with Crippen LogP contribution in [0.3, 0.4) is 0 Å². The number of anilines is 2. The van der Waals surface area contributed by atoms with Crippen LogP contribution >= 0.6 is 11.6 Å². The average Bonchev–Trinajstić information content (AvgIpc) is 2.91. The van der Waals surface area contributed by atoms with Crippen molar-refractivity contribution < 1.29 is 13.7 Å². The Morgan fingerprint density at radius 3 is 2.60 bits per heavy atom. The molecule has 2 aliphatic rings. The molecule has 9 nitrogen and oxygen atoms in total. The monoisotopic (exact) mass is 580 g/mol. The van der Waals surface area contributed by atoms with E-state index < -0.39 is 22.5 Å². The van der Waals surface area contributed by atoms with Crippen molar-refractivity contribution in [2.24, 2.45) is 0 Å². The number of carbonyl (C=O) groups is 1. The van der Waals surface area contributed by atoms with Crippen molar-refractivity contribution in [3.05, 3.63) is 52.7 Å². The second-order valence-corrected chi connectivity index (χ2v) is 12.8. The summed E-state index contributed by atoms with van der Waals surface area (Å²) in [6.07, 6.45) is 2.02. The molecule has 40 heavy (non-hydrogen) atoms. The number of aromatic nitrogens is 2. The number of halogens is 1. The van der Waals surface area contributed by atoms with Gasteiger partial charge in [-0.15, -0.1) is 0 Å². The van der Waals surface area contributed by atoms with E-state index in [0.29, 0.717) is 37.6 Å². The topological polar surface area (TPSA) is 103 Å². The Morgan fingerprint density at radius 1 is 1.15 bits per heavy atom. The fourth-order valence-corrected chi connectivity index (χ4v) is 6.15. The molecule has 2 atom stereocenters. The molecule has 0 N–H and O–H groups in total. The highest BCUT2D eigenvalue weighted by Gasteiger charge is 2.36. The van der Waals surface area contributed by atoms with Gasteiger partial charge in [0.15, 0.2) is 0 Å². The number of piperazine rings is 1. The van der Waals surface area contributed by atoms with E-state index in [1.165, 1.54) is 0 Å². The van der Waals surface area contributed by atoms with E-state index in [2.05, 4.69) is 34.1 Å². The van der Waals surface area contributed by atoms with E-state index in [1.54, 1.807) is 11.2 Å². The highest BCUT2D eigenvalue weighted by molar-refractivity contribution is 7.84. The molecular weight excluding hydrogens is 548 g/mol. The van der Waals surface area contributed by atoms with Crippen LogP contribution in [-0.4, -0.2) is 69.2 Å². The first-order chi connectivity index (χ1) is 19.1. The predicted octanol–water partition coefficient (Wildman–Crippen LogP) is 4.92. The Labute approximate surface area is 242 Å². The van der Waals surface area contributed by atoms with E-state index >= 15 is 0 Å². The summed E-state index contributed by atoms with van der Waals surface area (Å²) in [5.74, 6) is 0.734. The summed E-state index contributed by atoms with van der Waals surface area (Å²) in [4.78, 5) is 28.4. The van der Waals surface area contributed by atoms with Crippen molar-refractivity contribution in [3.63, 3.8) is 0 Å². The first-order valence-corrected chi connectivity index (χ1v) is 15.3. The molecule has 2 aromatic carbocycles. The third-order valence-corrected chi connectivity index (χ3v) is 8.20. The average molecular weight is 581 g/mol. The maximum Gasteiger partial charge on any atom is 0.410 e. The van der Waals surface area contributed by atoms with Gasteiger partial charge < -0.3 is 19.4 Å². The third kappa shape index (κ3) is 5.72. The van der Waals surface area contributed by atoms with Gasteiger partial charge in [-0.25, -0.2) is 14.8 Å². The maximum atomic E-state index is 12.9. The quantitative estimate of drug-likeness (QED) is 0.401. The largest absolute Gasteiger partial charge is 0.444 e. The van der Waals surface area contributed by atoms with Gasteiger partial charge in [-0.1, -0.05) is 35.9 Å². The molecule has 0 spiro atoms. The molecule has 0 aliphatic carbocycles. The van der Waals surface area contributed by atoms with Gasteiger partial charge in [-0.05, 0) is 44.7 Å². The van der Waals surface area contributed by atoms with Crippen molar-refractivity contribution in [3.8, 4) is 6.07 Å². The number of carbonyl (C=O) groups excluding carboxylic acids is 1. The Hall–Kier alpha value is -3.42. The normalized spacial score (nSPS) is 18.3. The van der Waals surface area contributed by atoms with Gasteiger partial charge in [0.1, 0.15) is 11.4 Å². The Bertz CT molecular complexity index is 1510. The zero-order valence-electron chi connectivity index (χ0n) is 23.2. The van der Waals surface area contributed by atoms with E-state index in [9.17, 15) is 14.3 Å². The van der Waals surface area contributed by atoms with Crippen LogP contribution in [0, 0.1) is 11.3 Å². The van der Waals surface area contributed by atoms with Crippen molar-refractivity contribution in [1.82, 2.24) is 14.9 Å². The van der Waals surface area contributed by atoms with Crippen molar-refractivity contribution in [2.75, 3.05) is 42.2 Å². The minimum Gasteiger partial charge on any atom is -0.444 e. The van der Waals surface area contributed by atoms with Crippen molar-refractivity contribution >= 4 is 50.8 Å². The minimum atomic E-state index is -1.39. The molecule has 0 radical (unpaired) electrons. The lowest BCUT2D eigenvalue weighted by Gasteiger charge is -2.42. The van der Waals surface area contributed by atoms with Crippen LogP contribution in [0.2, 0.25) is 5.02 Å². The molecule has 2 aliphatic heterocycles. The van der Waals surface area contributed by atoms with Crippen LogP contribution < -0.4 is 9.80 Å². The maximum absolute atomic E-state index is 12.9. The molecule has 3 heterocycles. The fraction of sp³-hybridized carbons (Fsp3) is 0.448. The summed E-state index contributed by atoms with van der Waals surface area (Å²) in [6.45, 7) is 8.09. The van der Waals surface area contributed by atoms with Gasteiger partial charge in [0.2, 0.25) is 5.16 Å². The van der Waals surface area contributed by atoms with Crippen LogP contribution in [0.4, 0.5) is 16.3 Å². The number of hydrogen-bond donors (Lipinski definition) is 0. The van der Waals surface area contributed by atoms with Crippen molar-refractivity contribution in [2.45, 2.75) is 57.0 Å². The second kappa shape index (κ2) is 11.2. The van der Waals surface area contributed by atoms with Crippen LogP contribution in [0.25, 0.3) is 10.8 Å². The number of amides is 1. The first kappa shape index (κ1) is 28.1. The van der Waals surface area contributed by atoms with E-state index in [1.807, 2.05) is 39.0 Å². The van der Waals surface area contributed by atoms with E-state index in [0.717, 1.165) is 40.1 Å². The minimum absolute atomic E-state index is 0.172. The molecule has 210 valence electrons. The zero-order chi connectivity index (χ0) is 28.6. The fourth-order valence-electron chi connectivity index (χ4n) is 5.41. The molecule has 0 bridgehead atoms. The van der Waals surface area contributed by atoms with Gasteiger partial charge >= 0.3 is 6.09 Å². The Kier molecular flexibility index (Phi) is 7.89. The summed E-state index contributed by atoms with van der Waals surface area (Å²) >= 11 is 6.62. The summed E-state index contributed by atoms with van der Waals surface area (Å²) in [7, 11) is -1.39. The Morgan fingerprint density at radius 2 is 1.90 bits per heavy atom. The summed E-state index contributed by atoms with van der Waals surface area (Å²) in [6, 6.07) is 13.9. The highest BCUT2D eigenvalue weighted by Crippen LogP contribution is 2.37. The zero-order valence-corrected chi connectivity index (χ0v) is 24.8. The molecule has 0 saturated carbocycles. The molecule has 3 aromatic rings. The van der Waals surface area contributed by atoms with Gasteiger partial charge in [0.25, 0.3) is 0 Å². The van der Waals surface area contributed by atoms with Gasteiger partial charge in [0.05, 0.1) is 46.6 Å². The smallest absolute Gasteiger partial charge is 0.410 e. The number of benzene rings is 2. The lowest BCUT2D eigenvalue weighted by molar-refractivity contribution is 0.0144. The SMILES string of the molecule is CS(=O)c1nc2c(c(N3CCN(C(=O)OC(C)(C)C)C(CC#N)C3)n1)CCN(c1cccc3cccc(Cl)c13)C2. The van der Waals surface area contributed by atoms with Crippen LogP contribution in [0.15, 0.2) is 41.6 Å². The van der Waals surface area contributed by atoms with Crippen LogP contribution in [0.5, 0.6) is 0 Å². The third-order valence-electron chi connectivity index (χ3n) is 7.19. The molecule has 1 aromatic heterocycles. The second-order valence-electron chi connectivity index (χ2n) is 11.1. The van der Waals surface area contributed by atoms with E-state index in [-0.39, 0.29) is 17.6 Å². The summed E-state index contributed by atoms with van der Waals surface area (Å²) in [5.41, 5.74) is 2.25. The predicted molar refractivity (Wildman–Crippen MR) is 157 cm³/mol. The number of nitriles is 1. The molecule has 11 heteroatoms. The van der Waals surface area contributed by atoms with Gasteiger partial charge in [-0.2, -0.15) is 5.26 Å². The number of hydrogen-bond acceptors (Lipinski definition) is 8. The number of rotatable bonds is 4. The molecule has 5 rings (SSSR count). The lowest BCUT2D eigenvalue weighted by Crippen LogP contribution is -2.56. The standard InChI is InChI=1S/C29H33ClN6O3S/c1-29(2,3)39-28(37)36-16-15-35(17-20(36)11-13-31)26-21-12-14-34(18-23(21)32-27(33-26)40(4)38)24-10-6-8-19-7-5-9-22(30)25(19)24/h5-10,20H,11-12,14-18H2,1-4H3. The van der Waals surface area contributed by atoms with Crippen LogP contribution in [-0.2, 0) is 28.5 Å². The van der Waals surface area contributed by atoms with Gasteiger partial charge in [0, 0.05) is 49.1 Å². The number of ether oxygens (including phenoxy) is 1. The highest BCUT2D eigenvalue weighted by atomic mass is 35.5. The van der Waals surface area contributed by atoms with Crippen LogP contribution in [0.1, 0.15) is 38.4 Å². The molecule has 1 saturated heterocycles.